The Labute approximate surface area is 133 Å². The Hall–Kier alpha value is -1.46. The van der Waals surface area contributed by atoms with Gasteiger partial charge in [-0.05, 0) is 31.0 Å². The molecular formula is C14H18Cl2N2O3. The molecule has 5 nitrogen and oxygen atoms in total. The van der Waals surface area contributed by atoms with Crippen LogP contribution in [0.2, 0.25) is 10.0 Å². The summed E-state index contributed by atoms with van der Waals surface area (Å²) in [6.07, 6.45) is 0. The van der Waals surface area contributed by atoms with E-state index in [4.69, 9.17) is 27.9 Å². The predicted octanol–water partition coefficient (Wildman–Crippen LogP) is 3.70. The van der Waals surface area contributed by atoms with Crippen molar-refractivity contribution < 1.29 is 14.3 Å². The number of halogens is 2. The Morgan fingerprint density at radius 2 is 1.90 bits per heavy atom. The SMILES string of the molecule is CCOC(=O)C(NC(=O)Nc1ccc(Cl)c(Cl)c1)C(C)C. The summed E-state index contributed by atoms with van der Waals surface area (Å²) < 4.78 is 4.93. The first-order valence-electron chi connectivity index (χ1n) is 6.54. The van der Waals surface area contributed by atoms with Gasteiger partial charge in [-0.3, -0.25) is 0 Å². The molecule has 0 saturated carbocycles. The van der Waals surface area contributed by atoms with Gasteiger partial charge < -0.3 is 15.4 Å². The number of anilines is 1. The highest BCUT2D eigenvalue weighted by Gasteiger charge is 2.25. The van der Waals surface area contributed by atoms with Crippen molar-refractivity contribution in [2.45, 2.75) is 26.8 Å². The summed E-state index contributed by atoms with van der Waals surface area (Å²) in [5.41, 5.74) is 0.480. The molecule has 0 spiro atoms. The Balaban J connectivity index is 2.69. The van der Waals surface area contributed by atoms with Gasteiger partial charge in [0, 0.05) is 5.69 Å². The van der Waals surface area contributed by atoms with Gasteiger partial charge in [0.15, 0.2) is 0 Å². The van der Waals surface area contributed by atoms with E-state index < -0.39 is 18.0 Å². The first-order chi connectivity index (χ1) is 9.85. The van der Waals surface area contributed by atoms with E-state index in [-0.39, 0.29) is 12.5 Å². The number of carbonyl (C=O) groups excluding carboxylic acids is 2. The van der Waals surface area contributed by atoms with Crippen LogP contribution in [0, 0.1) is 5.92 Å². The zero-order chi connectivity index (χ0) is 16.0. The molecule has 1 aromatic rings. The third-order valence-corrected chi connectivity index (χ3v) is 3.41. The van der Waals surface area contributed by atoms with Crippen molar-refractivity contribution in [1.29, 1.82) is 0 Å². The number of benzene rings is 1. The molecule has 1 aromatic carbocycles. The van der Waals surface area contributed by atoms with E-state index in [9.17, 15) is 9.59 Å². The average Bonchev–Trinajstić information content (AvgIpc) is 2.40. The molecule has 21 heavy (non-hydrogen) atoms. The van der Waals surface area contributed by atoms with Gasteiger partial charge in [-0.15, -0.1) is 0 Å². The van der Waals surface area contributed by atoms with Gasteiger partial charge in [-0.25, -0.2) is 9.59 Å². The number of hydrogen-bond donors (Lipinski definition) is 2. The maximum atomic E-state index is 11.9. The first kappa shape index (κ1) is 17.6. The lowest BCUT2D eigenvalue weighted by Crippen LogP contribution is -2.47. The lowest BCUT2D eigenvalue weighted by atomic mass is 10.1. The molecule has 0 aliphatic heterocycles. The van der Waals surface area contributed by atoms with Gasteiger partial charge in [0.05, 0.1) is 16.7 Å². The fraction of sp³-hybridized carbons (Fsp3) is 0.429. The quantitative estimate of drug-likeness (QED) is 0.808. The van der Waals surface area contributed by atoms with Crippen LogP contribution < -0.4 is 10.6 Å². The van der Waals surface area contributed by atoms with Crippen LogP contribution in [0.15, 0.2) is 18.2 Å². The van der Waals surface area contributed by atoms with Crippen molar-refractivity contribution in [3.8, 4) is 0 Å². The van der Waals surface area contributed by atoms with Crippen LogP contribution in [0.1, 0.15) is 20.8 Å². The second kappa shape index (κ2) is 8.10. The molecule has 0 radical (unpaired) electrons. The highest BCUT2D eigenvalue weighted by Crippen LogP contribution is 2.24. The highest BCUT2D eigenvalue weighted by molar-refractivity contribution is 6.42. The Kier molecular flexibility index (Phi) is 6.78. The summed E-state index contributed by atoms with van der Waals surface area (Å²) in [7, 11) is 0. The van der Waals surface area contributed by atoms with Crippen LogP contribution in [-0.4, -0.2) is 24.6 Å². The molecule has 116 valence electrons. The normalized spacial score (nSPS) is 11.9. The fourth-order valence-electron chi connectivity index (χ4n) is 1.61. The summed E-state index contributed by atoms with van der Waals surface area (Å²) >= 11 is 11.7. The molecule has 1 atom stereocenters. The van der Waals surface area contributed by atoms with Gasteiger partial charge in [-0.2, -0.15) is 0 Å². The predicted molar refractivity (Wildman–Crippen MR) is 83.9 cm³/mol. The number of nitrogens with one attached hydrogen (secondary N) is 2. The standard InChI is InChI=1S/C14H18Cl2N2O3/c1-4-21-13(19)12(8(2)3)18-14(20)17-9-5-6-10(15)11(16)7-9/h5-8,12H,4H2,1-3H3,(H2,17,18,20). The van der Waals surface area contributed by atoms with Crippen molar-refractivity contribution in [3.05, 3.63) is 28.2 Å². The Bertz CT molecular complexity index is 521. The smallest absolute Gasteiger partial charge is 0.328 e. The number of hydrogen-bond acceptors (Lipinski definition) is 3. The second-order valence-corrected chi connectivity index (χ2v) is 5.52. The van der Waals surface area contributed by atoms with Crippen LogP contribution in [0.5, 0.6) is 0 Å². The summed E-state index contributed by atoms with van der Waals surface area (Å²) in [4.78, 5) is 23.7. The number of esters is 1. The van der Waals surface area contributed by atoms with E-state index in [1.54, 1.807) is 19.1 Å². The van der Waals surface area contributed by atoms with E-state index in [0.717, 1.165) is 0 Å². The van der Waals surface area contributed by atoms with Crippen molar-refractivity contribution >= 4 is 40.9 Å². The van der Waals surface area contributed by atoms with Gasteiger partial charge in [-0.1, -0.05) is 37.0 Å². The number of carbonyl (C=O) groups is 2. The van der Waals surface area contributed by atoms with E-state index in [0.29, 0.717) is 15.7 Å². The van der Waals surface area contributed by atoms with Gasteiger partial charge in [0.1, 0.15) is 6.04 Å². The van der Waals surface area contributed by atoms with E-state index >= 15 is 0 Å². The summed E-state index contributed by atoms with van der Waals surface area (Å²) in [5.74, 6) is -0.555. The fourth-order valence-corrected chi connectivity index (χ4v) is 1.91. The lowest BCUT2D eigenvalue weighted by molar-refractivity contribution is -0.146. The third-order valence-electron chi connectivity index (χ3n) is 2.67. The molecule has 2 amide bonds. The van der Waals surface area contributed by atoms with Crippen LogP contribution in [0.25, 0.3) is 0 Å². The maximum absolute atomic E-state index is 11.9. The Morgan fingerprint density at radius 1 is 1.24 bits per heavy atom. The molecule has 0 aliphatic rings. The van der Waals surface area contributed by atoms with Gasteiger partial charge in [0.2, 0.25) is 0 Å². The molecule has 7 heteroatoms. The first-order valence-corrected chi connectivity index (χ1v) is 7.30. The molecule has 0 saturated heterocycles. The minimum absolute atomic E-state index is 0.0939. The zero-order valence-corrected chi connectivity index (χ0v) is 13.6. The summed E-state index contributed by atoms with van der Waals surface area (Å²) in [6, 6.07) is 3.48. The van der Waals surface area contributed by atoms with Crippen LogP contribution in [-0.2, 0) is 9.53 Å². The van der Waals surface area contributed by atoms with Crippen molar-refractivity contribution in [1.82, 2.24) is 5.32 Å². The summed E-state index contributed by atoms with van der Waals surface area (Å²) in [6.45, 7) is 5.62. The monoisotopic (exact) mass is 332 g/mol. The topological polar surface area (TPSA) is 67.4 Å². The average molecular weight is 333 g/mol. The summed E-state index contributed by atoms with van der Waals surface area (Å²) in [5, 5.41) is 5.91. The van der Waals surface area contributed by atoms with Crippen LogP contribution in [0.3, 0.4) is 0 Å². The lowest BCUT2D eigenvalue weighted by Gasteiger charge is -2.20. The Morgan fingerprint density at radius 3 is 2.43 bits per heavy atom. The van der Waals surface area contributed by atoms with E-state index in [1.807, 2.05) is 13.8 Å². The second-order valence-electron chi connectivity index (χ2n) is 4.70. The molecule has 0 aliphatic carbocycles. The number of urea groups is 1. The van der Waals surface area contributed by atoms with Crippen molar-refractivity contribution in [3.63, 3.8) is 0 Å². The molecule has 1 rings (SSSR count). The number of rotatable bonds is 5. The number of ether oxygens (including phenoxy) is 1. The van der Waals surface area contributed by atoms with Gasteiger partial charge >= 0.3 is 12.0 Å². The molecule has 0 heterocycles. The number of amides is 2. The van der Waals surface area contributed by atoms with Crippen molar-refractivity contribution in [2.75, 3.05) is 11.9 Å². The molecule has 0 aromatic heterocycles. The maximum Gasteiger partial charge on any atom is 0.328 e. The molecule has 0 bridgehead atoms. The van der Waals surface area contributed by atoms with E-state index in [2.05, 4.69) is 10.6 Å². The van der Waals surface area contributed by atoms with Gasteiger partial charge in [0.25, 0.3) is 0 Å². The zero-order valence-electron chi connectivity index (χ0n) is 12.1. The molecular weight excluding hydrogens is 315 g/mol. The molecule has 1 unspecified atom stereocenters. The minimum Gasteiger partial charge on any atom is -0.464 e. The molecule has 2 N–H and O–H groups in total. The minimum atomic E-state index is -0.715. The largest absolute Gasteiger partial charge is 0.464 e. The van der Waals surface area contributed by atoms with Crippen LogP contribution in [0.4, 0.5) is 10.5 Å². The molecule has 0 fully saturated rings. The van der Waals surface area contributed by atoms with E-state index in [1.165, 1.54) is 6.07 Å². The third kappa shape index (κ3) is 5.44. The van der Waals surface area contributed by atoms with Crippen LogP contribution >= 0.6 is 23.2 Å². The highest BCUT2D eigenvalue weighted by atomic mass is 35.5. The van der Waals surface area contributed by atoms with Crippen molar-refractivity contribution in [2.24, 2.45) is 5.92 Å².